The van der Waals surface area contributed by atoms with Gasteiger partial charge in [0.15, 0.2) is 17.3 Å². The van der Waals surface area contributed by atoms with Crippen LogP contribution in [0, 0.1) is 11.8 Å². The Bertz CT molecular complexity index is 800. The van der Waals surface area contributed by atoms with Gasteiger partial charge in [-0.25, -0.2) is 0 Å². The standard InChI is InChI=1S/C17H19N3O4/c1-17(2,22)9-8-12-6-7-13(23-12)16(21)20(3)10-14-18-15(19-24-14)11-4-5-11/h6-7,11,22H,4-5,10H2,1-3H3. The minimum atomic E-state index is -1.12. The van der Waals surface area contributed by atoms with Crippen LogP contribution in [0.5, 0.6) is 0 Å². The lowest BCUT2D eigenvalue weighted by Gasteiger charge is -2.12. The highest BCUT2D eigenvalue weighted by Gasteiger charge is 2.29. The Kier molecular flexibility index (Phi) is 4.16. The zero-order valence-corrected chi connectivity index (χ0v) is 13.9. The normalized spacial score (nSPS) is 14.2. The van der Waals surface area contributed by atoms with Crippen molar-refractivity contribution in [1.29, 1.82) is 0 Å². The second-order valence-corrected chi connectivity index (χ2v) is 6.45. The van der Waals surface area contributed by atoms with E-state index in [1.54, 1.807) is 33.0 Å². The van der Waals surface area contributed by atoms with Gasteiger partial charge in [-0.05, 0) is 44.7 Å². The Morgan fingerprint density at radius 3 is 2.88 bits per heavy atom. The number of carbonyl (C=O) groups excluding carboxylic acids is 1. The lowest BCUT2D eigenvalue weighted by atomic mass is 10.1. The topological polar surface area (TPSA) is 92.6 Å². The summed E-state index contributed by atoms with van der Waals surface area (Å²) >= 11 is 0. The summed E-state index contributed by atoms with van der Waals surface area (Å²) in [6.45, 7) is 3.36. The van der Waals surface area contributed by atoms with Gasteiger partial charge in [-0.3, -0.25) is 4.79 Å². The van der Waals surface area contributed by atoms with Crippen LogP contribution in [0.25, 0.3) is 0 Å². The van der Waals surface area contributed by atoms with E-state index in [2.05, 4.69) is 22.0 Å². The molecule has 1 aliphatic rings. The molecule has 2 heterocycles. The van der Waals surface area contributed by atoms with E-state index in [4.69, 9.17) is 8.94 Å². The highest BCUT2D eigenvalue weighted by atomic mass is 16.5. The van der Waals surface area contributed by atoms with Crippen LogP contribution < -0.4 is 0 Å². The molecule has 1 fully saturated rings. The number of hydrogen-bond acceptors (Lipinski definition) is 6. The maximum atomic E-state index is 12.4. The number of carbonyl (C=O) groups is 1. The molecule has 126 valence electrons. The van der Waals surface area contributed by atoms with Crippen LogP contribution in [0.4, 0.5) is 0 Å². The van der Waals surface area contributed by atoms with Gasteiger partial charge < -0.3 is 18.9 Å². The lowest BCUT2D eigenvalue weighted by Crippen LogP contribution is -2.26. The maximum absolute atomic E-state index is 12.4. The molecule has 0 aromatic carbocycles. The van der Waals surface area contributed by atoms with Gasteiger partial charge in [0.25, 0.3) is 5.91 Å². The lowest BCUT2D eigenvalue weighted by molar-refractivity contribution is 0.0737. The number of amides is 1. The van der Waals surface area contributed by atoms with E-state index in [9.17, 15) is 9.90 Å². The Hall–Kier alpha value is -2.59. The first-order valence-electron chi connectivity index (χ1n) is 7.75. The van der Waals surface area contributed by atoms with Gasteiger partial charge in [0, 0.05) is 13.0 Å². The van der Waals surface area contributed by atoms with Crippen LogP contribution >= 0.6 is 0 Å². The minimum Gasteiger partial charge on any atom is -0.443 e. The molecule has 2 aromatic rings. The fourth-order valence-corrected chi connectivity index (χ4v) is 2.04. The van der Waals surface area contributed by atoms with Gasteiger partial charge >= 0.3 is 0 Å². The monoisotopic (exact) mass is 329 g/mol. The third kappa shape index (κ3) is 4.03. The van der Waals surface area contributed by atoms with Gasteiger partial charge in [-0.1, -0.05) is 11.1 Å². The van der Waals surface area contributed by atoms with Crippen molar-refractivity contribution in [3.05, 3.63) is 35.4 Å². The van der Waals surface area contributed by atoms with Gasteiger partial charge in [0.1, 0.15) is 12.1 Å². The Labute approximate surface area is 139 Å². The van der Waals surface area contributed by atoms with Crippen LogP contribution in [0.2, 0.25) is 0 Å². The molecule has 1 aliphatic carbocycles. The van der Waals surface area contributed by atoms with Crippen molar-refractivity contribution < 1.29 is 18.8 Å². The van der Waals surface area contributed by atoms with Crippen molar-refractivity contribution in [2.45, 2.75) is 44.8 Å². The molecule has 1 amide bonds. The van der Waals surface area contributed by atoms with Crippen molar-refractivity contribution in [3.8, 4) is 11.8 Å². The highest BCUT2D eigenvalue weighted by molar-refractivity contribution is 5.91. The van der Waals surface area contributed by atoms with E-state index in [-0.39, 0.29) is 18.2 Å². The molecule has 7 nitrogen and oxygen atoms in total. The quantitative estimate of drug-likeness (QED) is 0.862. The molecule has 0 radical (unpaired) electrons. The zero-order valence-electron chi connectivity index (χ0n) is 13.9. The predicted octanol–water partition coefficient (Wildman–Crippen LogP) is 1.93. The molecule has 7 heteroatoms. The first kappa shape index (κ1) is 16.3. The number of aliphatic hydroxyl groups is 1. The van der Waals surface area contributed by atoms with Crippen LogP contribution in [0.3, 0.4) is 0 Å². The first-order chi connectivity index (χ1) is 11.3. The molecule has 24 heavy (non-hydrogen) atoms. The summed E-state index contributed by atoms with van der Waals surface area (Å²) in [4.78, 5) is 18.1. The Morgan fingerprint density at radius 1 is 1.46 bits per heavy atom. The predicted molar refractivity (Wildman–Crippen MR) is 84.0 cm³/mol. The van der Waals surface area contributed by atoms with E-state index in [0.29, 0.717) is 23.4 Å². The molecule has 0 aliphatic heterocycles. The number of furan rings is 1. The molecule has 3 rings (SSSR count). The number of hydrogen-bond donors (Lipinski definition) is 1. The van der Waals surface area contributed by atoms with Gasteiger partial charge in [0.2, 0.25) is 5.89 Å². The second-order valence-electron chi connectivity index (χ2n) is 6.45. The zero-order chi connectivity index (χ0) is 17.3. The summed E-state index contributed by atoms with van der Waals surface area (Å²) in [7, 11) is 1.63. The van der Waals surface area contributed by atoms with Gasteiger partial charge in [0.05, 0.1) is 0 Å². The largest absolute Gasteiger partial charge is 0.443 e. The molecule has 1 saturated carbocycles. The SMILES string of the molecule is CN(Cc1nc(C2CC2)no1)C(=O)c1ccc(C#CC(C)(C)O)o1. The van der Waals surface area contributed by atoms with E-state index >= 15 is 0 Å². The molecular weight excluding hydrogens is 310 g/mol. The third-order valence-electron chi connectivity index (χ3n) is 3.45. The third-order valence-corrected chi connectivity index (χ3v) is 3.45. The molecule has 0 bridgehead atoms. The summed E-state index contributed by atoms with van der Waals surface area (Å²) in [5, 5.41) is 13.5. The van der Waals surface area contributed by atoms with E-state index in [1.807, 2.05) is 0 Å². The smallest absolute Gasteiger partial charge is 0.289 e. The molecule has 1 N–H and O–H groups in total. The van der Waals surface area contributed by atoms with E-state index in [1.165, 1.54) is 4.90 Å². The van der Waals surface area contributed by atoms with E-state index in [0.717, 1.165) is 12.8 Å². The molecule has 0 spiro atoms. The second kappa shape index (κ2) is 6.13. The van der Waals surface area contributed by atoms with Crippen LogP contribution in [-0.4, -0.2) is 38.7 Å². The average Bonchev–Trinajstić information content (AvgIpc) is 3.08. The summed E-state index contributed by atoms with van der Waals surface area (Å²) in [5.74, 6) is 7.03. The molecule has 0 saturated heterocycles. The van der Waals surface area contributed by atoms with Crippen molar-refractivity contribution >= 4 is 5.91 Å². The summed E-state index contributed by atoms with van der Waals surface area (Å²) in [6.07, 6.45) is 2.18. The van der Waals surface area contributed by atoms with Crippen LogP contribution in [0.1, 0.15) is 60.6 Å². The molecule has 0 atom stereocenters. The minimum absolute atomic E-state index is 0.166. The molecule has 2 aromatic heterocycles. The molecular formula is C17H19N3O4. The molecule has 0 unspecified atom stereocenters. The Morgan fingerprint density at radius 2 is 2.21 bits per heavy atom. The summed E-state index contributed by atoms with van der Waals surface area (Å²) in [5.41, 5.74) is -1.12. The number of nitrogens with zero attached hydrogens (tertiary/aromatic N) is 3. The first-order valence-corrected chi connectivity index (χ1v) is 7.75. The van der Waals surface area contributed by atoms with Crippen LogP contribution in [-0.2, 0) is 6.54 Å². The average molecular weight is 329 g/mol. The number of aromatic nitrogens is 2. The van der Waals surface area contributed by atoms with Crippen molar-refractivity contribution in [2.75, 3.05) is 7.05 Å². The Balaban J connectivity index is 1.64. The summed E-state index contributed by atoms with van der Waals surface area (Å²) in [6, 6.07) is 3.15. The van der Waals surface area contributed by atoms with Crippen molar-refractivity contribution in [3.63, 3.8) is 0 Å². The van der Waals surface area contributed by atoms with Crippen LogP contribution in [0.15, 0.2) is 21.1 Å². The van der Waals surface area contributed by atoms with Gasteiger partial charge in [-0.2, -0.15) is 4.98 Å². The number of rotatable bonds is 4. The fraction of sp³-hybridized carbons (Fsp3) is 0.471. The van der Waals surface area contributed by atoms with Crippen molar-refractivity contribution in [2.24, 2.45) is 0 Å². The van der Waals surface area contributed by atoms with E-state index < -0.39 is 5.60 Å². The van der Waals surface area contributed by atoms with Crippen molar-refractivity contribution in [1.82, 2.24) is 15.0 Å². The highest BCUT2D eigenvalue weighted by Crippen LogP contribution is 2.38. The maximum Gasteiger partial charge on any atom is 0.289 e. The fourth-order valence-electron chi connectivity index (χ4n) is 2.04. The summed E-state index contributed by atoms with van der Waals surface area (Å²) < 4.78 is 10.6. The van der Waals surface area contributed by atoms with Gasteiger partial charge in [-0.15, -0.1) is 0 Å².